The minimum absolute atomic E-state index is 0.00508. The van der Waals surface area contributed by atoms with Crippen molar-refractivity contribution in [1.82, 2.24) is 10.2 Å². The number of hydrogen-bond donors (Lipinski definition) is 1. The first-order chi connectivity index (χ1) is 7.31. The van der Waals surface area contributed by atoms with Gasteiger partial charge in [0.1, 0.15) is 0 Å². The molecule has 2 fully saturated rings. The van der Waals surface area contributed by atoms with Crippen LogP contribution < -0.4 is 5.32 Å². The van der Waals surface area contributed by atoms with E-state index in [4.69, 9.17) is 9.47 Å². The van der Waals surface area contributed by atoms with Crippen molar-refractivity contribution < 1.29 is 14.3 Å². The largest absolute Gasteiger partial charge is 0.376 e. The van der Waals surface area contributed by atoms with Crippen molar-refractivity contribution in [2.45, 2.75) is 18.6 Å². The van der Waals surface area contributed by atoms with Gasteiger partial charge >= 0.3 is 0 Å². The predicted octanol–water partition coefficient (Wildman–Crippen LogP) is -0.778. The molecule has 86 valence electrons. The molecule has 0 aromatic rings. The molecule has 5 nitrogen and oxygen atoms in total. The van der Waals surface area contributed by atoms with Gasteiger partial charge in [-0.25, -0.2) is 0 Å². The van der Waals surface area contributed by atoms with E-state index in [9.17, 15) is 4.79 Å². The molecule has 0 saturated carbocycles. The molecule has 0 radical (unpaired) electrons. The van der Waals surface area contributed by atoms with Gasteiger partial charge in [-0.2, -0.15) is 0 Å². The Labute approximate surface area is 89.7 Å². The molecule has 1 N–H and O–H groups in total. The van der Waals surface area contributed by atoms with Gasteiger partial charge in [0, 0.05) is 13.1 Å². The fourth-order valence-electron chi connectivity index (χ4n) is 2.08. The van der Waals surface area contributed by atoms with Crippen molar-refractivity contribution in [3.05, 3.63) is 0 Å². The van der Waals surface area contributed by atoms with E-state index < -0.39 is 0 Å². The first-order valence-corrected chi connectivity index (χ1v) is 5.46. The standard InChI is InChI=1S/C10H18N2O3/c1-11-9-2-3-12(10(9)13)6-8-7-14-4-5-15-8/h8-9,11H,2-7H2,1H3. The highest BCUT2D eigenvalue weighted by Gasteiger charge is 2.32. The summed E-state index contributed by atoms with van der Waals surface area (Å²) in [4.78, 5) is 13.6. The molecule has 0 aromatic heterocycles. The van der Waals surface area contributed by atoms with Crippen LogP contribution in [0, 0.1) is 0 Å². The van der Waals surface area contributed by atoms with E-state index in [1.807, 2.05) is 11.9 Å². The molecule has 2 rings (SSSR count). The molecule has 15 heavy (non-hydrogen) atoms. The van der Waals surface area contributed by atoms with Crippen LogP contribution in [0.2, 0.25) is 0 Å². The van der Waals surface area contributed by atoms with Gasteiger partial charge in [0.25, 0.3) is 0 Å². The Bertz CT molecular complexity index is 229. The molecule has 0 aliphatic carbocycles. The van der Waals surface area contributed by atoms with E-state index in [1.54, 1.807) is 0 Å². The minimum atomic E-state index is -0.00508. The topological polar surface area (TPSA) is 50.8 Å². The number of ether oxygens (including phenoxy) is 2. The highest BCUT2D eigenvalue weighted by atomic mass is 16.6. The van der Waals surface area contributed by atoms with E-state index >= 15 is 0 Å². The lowest BCUT2D eigenvalue weighted by molar-refractivity contribution is -0.135. The van der Waals surface area contributed by atoms with Gasteiger partial charge in [0.15, 0.2) is 0 Å². The Morgan fingerprint density at radius 1 is 1.53 bits per heavy atom. The van der Waals surface area contributed by atoms with Crippen molar-refractivity contribution in [2.24, 2.45) is 0 Å². The third-order valence-electron chi connectivity index (χ3n) is 2.95. The van der Waals surface area contributed by atoms with Gasteiger partial charge in [-0.05, 0) is 13.5 Å². The maximum absolute atomic E-state index is 11.8. The number of amides is 1. The Kier molecular flexibility index (Phi) is 3.56. The van der Waals surface area contributed by atoms with Crippen molar-refractivity contribution in [2.75, 3.05) is 40.0 Å². The van der Waals surface area contributed by atoms with Gasteiger partial charge in [0.2, 0.25) is 5.91 Å². The molecule has 0 spiro atoms. The Balaban J connectivity index is 1.82. The number of hydrogen-bond acceptors (Lipinski definition) is 4. The van der Waals surface area contributed by atoms with Gasteiger partial charge in [-0.15, -0.1) is 0 Å². The van der Waals surface area contributed by atoms with Gasteiger partial charge in [-0.3, -0.25) is 4.79 Å². The highest BCUT2D eigenvalue weighted by Crippen LogP contribution is 2.13. The fourth-order valence-corrected chi connectivity index (χ4v) is 2.08. The molecule has 2 saturated heterocycles. The van der Waals surface area contributed by atoms with Crippen LogP contribution in [0.3, 0.4) is 0 Å². The summed E-state index contributed by atoms with van der Waals surface area (Å²) in [5.74, 6) is 0.187. The van der Waals surface area contributed by atoms with Crippen LogP contribution in [0.5, 0.6) is 0 Å². The van der Waals surface area contributed by atoms with Crippen LogP contribution in [0.4, 0.5) is 0 Å². The second-order valence-electron chi connectivity index (χ2n) is 3.98. The monoisotopic (exact) mass is 214 g/mol. The normalized spacial score (nSPS) is 32.3. The number of carbonyl (C=O) groups excluding carboxylic acids is 1. The quantitative estimate of drug-likeness (QED) is 0.670. The Hall–Kier alpha value is -0.650. The van der Waals surface area contributed by atoms with E-state index in [0.29, 0.717) is 26.4 Å². The zero-order chi connectivity index (χ0) is 10.7. The number of likely N-dealkylation sites (tertiary alicyclic amines) is 1. The van der Waals surface area contributed by atoms with E-state index in [-0.39, 0.29) is 18.1 Å². The molecule has 2 aliphatic rings. The average molecular weight is 214 g/mol. The summed E-state index contributed by atoms with van der Waals surface area (Å²) < 4.78 is 10.8. The number of rotatable bonds is 3. The lowest BCUT2D eigenvalue weighted by Crippen LogP contribution is -2.43. The van der Waals surface area contributed by atoms with Crippen LogP contribution in [0.1, 0.15) is 6.42 Å². The van der Waals surface area contributed by atoms with Crippen LogP contribution in [-0.2, 0) is 14.3 Å². The predicted molar refractivity (Wildman–Crippen MR) is 54.6 cm³/mol. The zero-order valence-corrected chi connectivity index (χ0v) is 9.07. The molecule has 1 amide bonds. The van der Waals surface area contributed by atoms with Crippen LogP contribution in [0.25, 0.3) is 0 Å². The van der Waals surface area contributed by atoms with Crippen molar-refractivity contribution in [3.8, 4) is 0 Å². The minimum Gasteiger partial charge on any atom is -0.376 e. The second kappa shape index (κ2) is 4.92. The first kappa shape index (κ1) is 10.9. The summed E-state index contributed by atoms with van der Waals surface area (Å²) >= 11 is 0. The Morgan fingerprint density at radius 3 is 3.00 bits per heavy atom. The number of nitrogens with zero attached hydrogens (tertiary/aromatic N) is 1. The third-order valence-corrected chi connectivity index (χ3v) is 2.95. The van der Waals surface area contributed by atoms with Gasteiger partial charge in [-0.1, -0.05) is 0 Å². The SMILES string of the molecule is CNC1CCN(CC2COCCO2)C1=O. The van der Waals surface area contributed by atoms with E-state index in [0.717, 1.165) is 13.0 Å². The van der Waals surface area contributed by atoms with Crippen molar-refractivity contribution in [3.63, 3.8) is 0 Å². The molecule has 0 bridgehead atoms. The summed E-state index contributed by atoms with van der Waals surface area (Å²) in [6.45, 7) is 3.40. The third kappa shape index (κ3) is 2.48. The second-order valence-corrected chi connectivity index (χ2v) is 3.98. The summed E-state index contributed by atoms with van der Waals surface area (Å²) in [7, 11) is 1.83. The van der Waals surface area contributed by atoms with E-state index in [1.165, 1.54) is 0 Å². The maximum atomic E-state index is 11.8. The van der Waals surface area contributed by atoms with Gasteiger partial charge < -0.3 is 19.7 Å². The molecule has 0 aromatic carbocycles. The van der Waals surface area contributed by atoms with E-state index in [2.05, 4.69) is 5.32 Å². The molecule has 2 atom stereocenters. The number of nitrogens with one attached hydrogen (secondary N) is 1. The van der Waals surface area contributed by atoms with Crippen molar-refractivity contribution in [1.29, 1.82) is 0 Å². The molecular weight excluding hydrogens is 196 g/mol. The summed E-state index contributed by atoms with van der Waals surface area (Å²) in [5, 5.41) is 3.02. The van der Waals surface area contributed by atoms with Crippen LogP contribution >= 0.6 is 0 Å². The van der Waals surface area contributed by atoms with Gasteiger partial charge in [0.05, 0.1) is 32.0 Å². The lowest BCUT2D eigenvalue weighted by atomic mass is 10.2. The summed E-state index contributed by atoms with van der Waals surface area (Å²) in [5.41, 5.74) is 0. The average Bonchev–Trinajstić information content (AvgIpc) is 2.62. The molecule has 2 heterocycles. The number of carbonyl (C=O) groups is 1. The van der Waals surface area contributed by atoms with Crippen molar-refractivity contribution >= 4 is 5.91 Å². The Morgan fingerprint density at radius 2 is 2.40 bits per heavy atom. The molecule has 2 aliphatic heterocycles. The zero-order valence-electron chi connectivity index (χ0n) is 9.07. The summed E-state index contributed by atoms with van der Waals surface area (Å²) in [6, 6.07) is -0.00508. The maximum Gasteiger partial charge on any atom is 0.239 e. The number of likely N-dealkylation sites (N-methyl/N-ethyl adjacent to an activating group) is 1. The molecular formula is C10H18N2O3. The fraction of sp³-hybridized carbons (Fsp3) is 0.900. The molecule has 5 heteroatoms. The smallest absolute Gasteiger partial charge is 0.239 e. The molecule has 2 unspecified atom stereocenters. The van der Waals surface area contributed by atoms with Crippen LogP contribution in [0.15, 0.2) is 0 Å². The summed E-state index contributed by atoms with van der Waals surface area (Å²) in [6.07, 6.45) is 0.946. The highest BCUT2D eigenvalue weighted by molar-refractivity contribution is 5.83. The van der Waals surface area contributed by atoms with Crippen LogP contribution in [-0.4, -0.2) is 62.9 Å². The lowest BCUT2D eigenvalue weighted by Gasteiger charge is -2.27. The first-order valence-electron chi connectivity index (χ1n) is 5.46.